The Labute approximate surface area is 198 Å². The minimum atomic E-state index is -0.166. The molecule has 10 heteroatoms. The SMILES string of the molecule is COc1ccc(N2CCN(C(=O)CO/N=C(/N)c3ccc(-n4nc(C)cc4C)nc3)CC2)cc1. The zero-order valence-corrected chi connectivity index (χ0v) is 19.6. The van der Waals surface area contributed by atoms with Crippen LogP contribution in [0.5, 0.6) is 5.75 Å². The molecule has 0 unspecified atom stereocenters. The molecule has 0 spiro atoms. The van der Waals surface area contributed by atoms with Crippen molar-refractivity contribution in [3.8, 4) is 11.6 Å². The van der Waals surface area contributed by atoms with Crippen molar-refractivity contribution in [3.63, 3.8) is 0 Å². The largest absolute Gasteiger partial charge is 0.497 e. The van der Waals surface area contributed by atoms with Crippen LogP contribution in [-0.4, -0.2) is 71.3 Å². The third-order valence-electron chi connectivity index (χ3n) is 5.69. The lowest BCUT2D eigenvalue weighted by Crippen LogP contribution is -2.49. The summed E-state index contributed by atoms with van der Waals surface area (Å²) in [5.41, 5.74) is 9.63. The number of hydrogen-bond acceptors (Lipinski definition) is 7. The van der Waals surface area contributed by atoms with Crippen LogP contribution in [0.15, 0.2) is 53.8 Å². The normalized spacial score (nSPS) is 14.3. The van der Waals surface area contributed by atoms with E-state index in [-0.39, 0.29) is 18.3 Å². The average molecular weight is 464 g/mol. The van der Waals surface area contributed by atoms with E-state index in [0.717, 1.165) is 35.9 Å². The molecule has 4 rings (SSSR count). The van der Waals surface area contributed by atoms with Crippen LogP contribution < -0.4 is 15.4 Å². The topological polar surface area (TPSA) is 111 Å². The first-order valence-corrected chi connectivity index (χ1v) is 11.1. The number of anilines is 1. The summed E-state index contributed by atoms with van der Waals surface area (Å²) in [6, 6.07) is 13.5. The van der Waals surface area contributed by atoms with Crippen molar-refractivity contribution in [3.05, 3.63) is 65.6 Å². The zero-order chi connectivity index (χ0) is 24.1. The predicted molar refractivity (Wildman–Crippen MR) is 129 cm³/mol. The van der Waals surface area contributed by atoms with E-state index in [9.17, 15) is 4.79 Å². The number of amidine groups is 1. The second kappa shape index (κ2) is 10.2. The van der Waals surface area contributed by atoms with Crippen LogP contribution in [0.25, 0.3) is 5.82 Å². The highest BCUT2D eigenvalue weighted by molar-refractivity contribution is 5.96. The number of pyridine rings is 1. The molecule has 1 aliphatic heterocycles. The number of benzene rings is 1. The molecule has 2 N–H and O–H groups in total. The number of oxime groups is 1. The fourth-order valence-corrected chi connectivity index (χ4v) is 3.83. The van der Waals surface area contributed by atoms with Gasteiger partial charge in [0.15, 0.2) is 18.3 Å². The van der Waals surface area contributed by atoms with Gasteiger partial charge in [0.1, 0.15) is 5.75 Å². The number of piperazine rings is 1. The van der Waals surface area contributed by atoms with Crippen molar-refractivity contribution in [1.29, 1.82) is 0 Å². The molecule has 178 valence electrons. The van der Waals surface area contributed by atoms with Gasteiger partial charge in [-0.15, -0.1) is 0 Å². The van der Waals surface area contributed by atoms with Crippen molar-refractivity contribution in [1.82, 2.24) is 19.7 Å². The van der Waals surface area contributed by atoms with E-state index in [1.54, 1.807) is 29.0 Å². The maximum absolute atomic E-state index is 12.5. The Bertz CT molecular complexity index is 1150. The number of amides is 1. The molecule has 0 saturated carbocycles. The van der Waals surface area contributed by atoms with Gasteiger partial charge in [0.2, 0.25) is 0 Å². The maximum Gasteiger partial charge on any atom is 0.263 e. The second-order valence-electron chi connectivity index (χ2n) is 8.06. The number of nitrogens with two attached hydrogens (primary N) is 1. The molecule has 1 amide bonds. The number of aryl methyl sites for hydroxylation is 2. The number of carbonyl (C=O) groups is 1. The lowest BCUT2D eigenvalue weighted by molar-refractivity contribution is -0.136. The number of rotatable bonds is 7. The van der Waals surface area contributed by atoms with Gasteiger partial charge in [-0.05, 0) is 56.3 Å². The molecule has 1 aliphatic rings. The fourth-order valence-electron chi connectivity index (χ4n) is 3.83. The van der Waals surface area contributed by atoms with Crippen molar-refractivity contribution >= 4 is 17.4 Å². The zero-order valence-electron chi connectivity index (χ0n) is 19.6. The molecule has 10 nitrogen and oxygen atoms in total. The molecule has 2 aromatic heterocycles. The predicted octanol–water partition coefficient (Wildman–Crippen LogP) is 1.88. The third kappa shape index (κ3) is 5.28. The summed E-state index contributed by atoms with van der Waals surface area (Å²) in [4.78, 5) is 26.2. The molecule has 0 atom stereocenters. The Kier molecular flexibility index (Phi) is 6.95. The third-order valence-corrected chi connectivity index (χ3v) is 5.69. The van der Waals surface area contributed by atoms with E-state index in [2.05, 4.69) is 20.1 Å². The van der Waals surface area contributed by atoms with E-state index in [4.69, 9.17) is 15.3 Å². The summed E-state index contributed by atoms with van der Waals surface area (Å²) in [5.74, 6) is 1.55. The van der Waals surface area contributed by atoms with Gasteiger partial charge in [0.05, 0.1) is 12.8 Å². The first-order chi connectivity index (χ1) is 16.4. The highest BCUT2D eigenvalue weighted by Crippen LogP contribution is 2.20. The molecule has 1 fully saturated rings. The smallest absolute Gasteiger partial charge is 0.263 e. The first-order valence-electron chi connectivity index (χ1n) is 11.1. The molecule has 1 saturated heterocycles. The molecule has 3 heterocycles. The molecule has 0 radical (unpaired) electrons. The molecular weight excluding hydrogens is 434 g/mol. The average Bonchev–Trinajstić information content (AvgIpc) is 3.21. The monoisotopic (exact) mass is 463 g/mol. The van der Waals surface area contributed by atoms with Crippen LogP contribution in [0, 0.1) is 13.8 Å². The van der Waals surface area contributed by atoms with Crippen LogP contribution >= 0.6 is 0 Å². The number of methoxy groups -OCH3 is 1. The Balaban J connectivity index is 1.26. The van der Waals surface area contributed by atoms with Gasteiger partial charge in [0, 0.05) is 49.3 Å². The minimum Gasteiger partial charge on any atom is -0.497 e. The van der Waals surface area contributed by atoms with Crippen molar-refractivity contribution in [2.75, 3.05) is 44.8 Å². The molecule has 34 heavy (non-hydrogen) atoms. The highest BCUT2D eigenvalue weighted by atomic mass is 16.6. The minimum absolute atomic E-state index is 0.121. The maximum atomic E-state index is 12.5. The summed E-state index contributed by atoms with van der Waals surface area (Å²) in [7, 11) is 1.65. The van der Waals surface area contributed by atoms with Crippen molar-refractivity contribution in [2.45, 2.75) is 13.8 Å². The number of ether oxygens (including phenoxy) is 1. The standard InChI is InChI=1S/C24H29N7O3/c1-17-14-18(2)31(27-17)22-9-4-19(15-26-22)24(25)28-34-16-23(32)30-12-10-29(11-13-30)20-5-7-21(33-3)8-6-20/h4-9,14-15H,10-13,16H2,1-3H3,(H2,25,28). The number of nitrogens with zero attached hydrogens (tertiary/aromatic N) is 6. The van der Waals surface area contributed by atoms with Crippen LogP contribution in [0.4, 0.5) is 5.69 Å². The quantitative estimate of drug-likeness (QED) is 0.323. The first kappa shape index (κ1) is 23.1. The van der Waals surface area contributed by atoms with E-state index in [1.807, 2.05) is 50.2 Å². The fraction of sp³-hybridized carbons (Fsp3) is 0.333. The van der Waals surface area contributed by atoms with E-state index in [1.165, 1.54) is 0 Å². The summed E-state index contributed by atoms with van der Waals surface area (Å²) >= 11 is 0. The van der Waals surface area contributed by atoms with Crippen molar-refractivity contribution in [2.24, 2.45) is 10.9 Å². The number of aromatic nitrogens is 3. The van der Waals surface area contributed by atoms with Gasteiger partial charge in [-0.2, -0.15) is 5.10 Å². The van der Waals surface area contributed by atoms with Gasteiger partial charge in [-0.3, -0.25) is 4.79 Å². The molecular formula is C24H29N7O3. The van der Waals surface area contributed by atoms with Crippen LogP contribution in [0.1, 0.15) is 17.0 Å². The lowest BCUT2D eigenvalue weighted by atomic mass is 10.2. The molecule has 0 aliphatic carbocycles. The van der Waals surface area contributed by atoms with Crippen LogP contribution in [0.3, 0.4) is 0 Å². The summed E-state index contributed by atoms with van der Waals surface area (Å²) in [6.07, 6.45) is 1.61. The molecule has 0 bridgehead atoms. The Morgan fingerprint density at radius 1 is 1.09 bits per heavy atom. The van der Waals surface area contributed by atoms with Crippen LogP contribution in [-0.2, 0) is 9.63 Å². The van der Waals surface area contributed by atoms with Crippen LogP contribution in [0.2, 0.25) is 0 Å². The van der Waals surface area contributed by atoms with E-state index in [0.29, 0.717) is 24.5 Å². The van der Waals surface area contributed by atoms with Gasteiger partial charge in [0.25, 0.3) is 5.91 Å². The lowest BCUT2D eigenvalue weighted by Gasteiger charge is -2.35. The highest BCUT2D eigenvalue weighted by Gasteiger charge is 2.21. The molecule has 1 aromatic carbocycles. The molecule has 3 aromatic rings. The van der Waals surface area contributed by atoms with Crippen molar-refractivity contribution < 1.29 is 14.4 Å². The second-order valence-corrected chi connectivity index (χ2v) is 8.06. The van der Waals surface area contributed by atoms with Gasteiger partial charge < -0.3 is 25.1 Å². The van der Waals surface area contributed by atoms with Gasteiger partial charge in [-0.25, -0.2) is 9.67 Å². The van der Waals surface area contributed by atoms with Gasteiger partial charge in [-0.1, -0.05) is 5.16 Å². The number of hydrogen-bond donors (Lipinski definition) is 1. The van der Waals surface area contributed by atoms with Gasteiger partial charge >= 0.3 is 0 Å². The summed E-state index contributed by atoms with van der Waals surface area (Å²) in [6.45, 7) is 6.46. The Morgan fingerprint density at radius 2 is 1.82 bits per heavy atom. The number of carbonyl (C=O) groups excluding carboxylic acids is 1. The summed E-state index contributed by atoms with van der Waals surface area (Å²) in [5, 5.41) is 8.31. The van der Waals surface area contributed by atoms with E-state index < -0.39 is 0 Å². The Hall–Kier alpha value is -4.08. The summed E-state index contributed by atoms with van der Waals surface area (Å²) < 4.78 is 6.96. The Morgan fingerprint density at radius 3 is 2.41 bits per heavy atom. The van der Waals surface area contributed by atoms with E-state index >= 15 is 0 Å².